The van der Waals surface area contributed by atoms with Crippen LogP contribution in [0.1, 0.15) is 44.9 Å². The number of esters is 2. The lowest BCUT2D eigenvalue weighted by atomic mass is 9.95. The maximum absolute atomic E-state index is 13.9. The van der Waals surface area contributed by atoms with Crippen LogP contribution in [0.2, 0.25) is 0 Å². The highest BCUT2D eigenvalue weighted by atomic mass is 32.1. The van der Waals surface area contributed by atoms with Gasteiger partial charge in [0.2, 0.25) is 0 Å². The van der Waals surface area contributed by atoms with Crippen LogP contribution in [-0.4, -0.2) is 55.1 Å². The van der Waals surface area contributed by atoms with Crippen LogP contribution in [0.15, 0.2) is 57.5 Å². The first-order valence-corrected chi connectivity index (χ1v) is 14.2. The summed E-state index contributed by atoms with van der Waals surface area (Å²) in [5.41, 5.74) is 1.46. The van der Waals surface area contributed by atoms with Crippen molar-refractivity contribution < 1.29 is 38.4 Å². The Hall–Kier alpha value is -4.58. The van der Waals surface area contributed by atoms with Crippen LogP contribution in [0, 0.1) is 0 Å². The molecular weight excluding hydrogens is 564 g/mol. The van der Waals surface area contributed by atoms with Gasteiger partial charge in [0, 0.05) is 0 Å². The summed E-state index contributed by atoms with van der Waals surface area (Å²) in [4.78, 5) is 43.8. The van der Waals surface area contributed by atoms with Gasteiger partial charge >= 0.3 is 11.9 Å². The lowest BCUT2D eigenvalue weighted by Crippen LogP contribution is -2.40. The molecule has 11 nitrogen and oxygen atoms in total. The number of hydrogen-bond donors (Lipinski definition) is 1. The van der Waals surface area contributed by atoms with Gasteiger partial charge in [0.1, 0.15) is 0 Å². The maximum atomic E-state index is 13.9. The third kappa shape index (κ3) is 6.33. The van der Waals surface area contributed by atoms with Crippen molar-refractivity contribution in [2.45, 2.75) is 33.7 Å². The maximum Gasteiger partial charge on any atom is 0.343 e. The molecule has 0 spiro atoms. The van der Waals surface area contributed by atoms with E-state index in [2.05, 4.69) is 9.73 Å². The Labute approximate surface area is 245 Å². The number of aromatic hydroxyl groups is 1. The molecule has 2 aromatic carbocycles. The number of benzene rings is 2. The molecule has 42 heavy (non-hydrogen) atoms. The molecule has 1 atom stereocenters. The standard InChI is InChI=1S/C30H32N2O9S/c1-6-38-22-13-18(9-11-20(22)33)14-24-28(35)32-27(26(29(36)40-8-3)17(4)31-30(32)42-24)19-10-12-21(23(15-19)39-7-2)41-16-25(34)37-5/h9-15,27,33H,6-8,16H2,1-5H3/b24-14-/t27-/m0/s1. The van der Waals surface area contributed by atoms with Crippen LogP contribution in [0.5, 0.6) is 23.0 Å². The lowest BCUT2D eigenvalue weighted by Gasteiger charge is -2.25. The first kappa shape index (κ1) is 30.4. The Balaban J connectivity index is 1.89. The van der Waals surface area contributed by atoms with E-state index in [1.807, 2.05) is 6.92 Å². The minimum Gasteiger partial charge on any atom is -0.504 e. The highest BCUT2D eigenvalue weighted by molar-refractivity contribution is 7.07. The summed E-state index contributed by atoms with van der Waals surface area (Å²) in [6.45, 7) is 7.49. The van der Waals surface area contributed by atoms with Crippen molar-refractivity contribution in [3.05, 3.63) is 78.5 Å². The molecule has 1 aromatic heterocycles. The van der Waals surface area contributed by atoms with E-state index in [4.69, 9.17) is 18.9 Å². The van der Waals surface area contributed by atoms with Crippen molar-refractivity contribution in [1.82, 2.24) is 4.57 Å². The first-order chi connectivity index (χ1) is 20.2. The van der Waals surface area contributed by atoms with Crippen molar-refractivity contribution in [3.63, 3.8) is 0 Å². The number of phenols is 1. The molecule has 0 aliphatic carbocycles. The zero-order chi connectivity index (χ0) is 30.4. The molecule has 0 saturated carbocycles. The van der Waals surface area contributed by atoms with E-state index in [1.165, 1.54) is 29.1 Å². The number of thiazole rings is 1. The molecule has 12 heteroatoms. The molecule has 3 aromatic rings. The fraction of sp³-hybridized carbons (Fsp3) is 0.333. The first-order valence-electron chi connectivity index (χ1n) is 13.3. The zero-order valence-corrected chi connectivity index (χ0v) is 24.8. The quantitative estimate of drug-likeness (QED) is 0.332. The summed E-state index contributed by atoms with van der Waals surface area (Å²) in [5.74, 6) is -0.231. The molecule has 4 rings (SSSR count). The molecule has 222 valence electrons. The number of methoxy groups -OCH3 is 1. The van der Waals surface area contributed by atoms with Gasteiger partial charge < -0.3 is 28.8 Å². The van der Waals surface area contributed by atoms with Crippen LogP contribution < -0.4 is 29.1 Å². The van der Waals surface area contributed by atoms with E-state index in [9.17, 15) is 19.5 Å². The van der Waals surface area contributed by atoms with Gasteiger partial charge in [0.25, 0.3) is 5.56 Å². The predicted molar refractivity (Wildman–Crippen MR) is 155 cm³/mol. The molecule has 0 bridgehead atoms. The Morgan fingerprint density at radius 2 is 1.74 bits per heavy atom. The van der Waals surface area contributed by atoms with Crippen LogP contribution in [0.25, 0.3) is 6.08 Å². The number of allylic oxidation sites excluding steroid dienone is 1. The average Bonchev–Trinajstić information content (AvgIpc) is 3.27. The van der Waals surface area contributed by atoms with Crippen LogP contribution >= 0.6 is 11.3 Å². The SMILES string of the molecule is CCOC(=O)C1=C(C)N=c2s/c(=C\c3ccc(O)c(OCC)c3)c(=O)n2[C@H]1c1ccc(OCC(=O)OC)c(OCC)c1. The predicted octanol–water partition coefficient (Wildman–Crippen LogP) is 2.85. The van der Waals surface area contributed by atoms with E-state index >= 15 is 0 Å². The van der Waals surface area contributed by atoms with E-state index in [0.29, 0.717) is 56.6 Å². The summed E-state index contributed by atoms with van der Waals surface area (Å²) in [5, 5.41) is 10.1. The van der Waals surface area contributed by atoms with E-state index in [0.717, 1.165) is 0 Å². The zero-order valence-electron chi connectivity index (χ0n) is 24.0. The summed E-state index contributed by atoms with van der Waals surface area (Å²) in [7, 11) is 1.26. The number of carbonyl (C=O) groups excluding carboxylic acids is 2. The van der Waals surface area contributed by atoms with Crippen molar-refractivity contribution in [2.75, 3.05) is 33.5 Å². The monoisotopic (exact) mass is 596 g/mol. The fourth-order valence-electron chi connectivity index (χ4n) is 4.43. The molecule has 0 saturated heterocycles. The molecule has 0 amide bonds. The largest absolute Gasteiger partial charge is 0.504 e. The number of fused-ring (bicyclic) bond motifs is 1. The minimum atomic E-state index is -0.880. The van der Waals surface area contributed by atoms with Crippen molar-refractivity contribution in [3.8, 4) is 23.0 Å². The smallest absolute Gasteiger partial charge is 0.343 e. The molecular formula is C30H32N2O9S. The topological polar surface area (TPSA) is 135 Å². The van der Waals surface area contributed by atoms with E-state index < -0.39 is 18.0 Å². The number of carbonyl (C=O) groups is 2. The lowest BCUT2D eigenvalue weighted by molar-refractivity contribution is -0.143. The fourth-order valence-corrected chi connectivity index (χ4v) is 5.47. The van der Waals surface area contributed by atoms with E-state index in [1.54, 1.807) is 57.2 Å². The van der Waals surface area contributed by atoms with Crippen LogP contribution in [0.3, 0.4) is 0 Å². The van der Waals surface area contributed by atoms with Gasteiger partial charge in [-0.15, -0.1) is 0 Å². The normalized spacial score (nSPS) is 14.6. The second-order valence-corrected chi connectivity index (χ2v) is 9.98. The second-order valence-electron chi connectivity index (χ2n) is 8.97. The summed E-state index contributed by atoms with van der Waals surface area (Å²) < 4.78 is 28.7. The van der Waals surface area contributed by atoms with Gasteiger partial charge in [0.05, 0.1) is 48.8 Å². The second kappa shape index (κ2) is 13.4. The Morgan fingerprint density at radius 1 is 1.00 bits per heavy atom. The number of phenolic OH excluding ortho intramolecular Hbond substituents is 1. The third-order valence-corrected chi connectivity index (χ3v) is 7.24. The molecule has 1 aliphatic heterocycles. The number of hydrogen-bond acceptors (Lipinski definition) is 11. The minimum absolute atomic E-state index is 0.00530. The van der Waals surface area contributed by atoms with E-state index in [-0.39, 0.29) is 30.1 Å². The van der Waals surface area contributed by atoms with Crippen molar-refractivity contribution >= 4 is 29.4 Å². The summed E-state index contributed by atoms with van der Waals surface area (Å²) >= 11 is 1.17. The van der Waals surface area contributed by atoms with Crippen molar-refractivity contribution in [1.29, 1.82) is 0 Å². The van der Waals surface area contributed by atoms with Gasteiger partial charge in [-0.2, -0.15) is 0 Å². The van der Waals surface area contributed by atoms with Gasteiger partial charge in [-0.05, 0) is 69.2 Å². The Kier molecular flexibility index (Phi) is 9.68. The summed E-state index contributed by atoms with van der Waals surface area (Å²) in [6, 6.07) is 8.92. The average molecular weight is 597 g/mol. The van der Waals surface area contributed by atoms with Crippen molar-refractivity contribution in [2.24, 2.45) is 4.99 Å². The van der Waals surface area contributed by atoms with Gasteiger partial charge in [-0.25, -0.2) is 14.6 Å². The van der Waals surface area contributed by atoms with Crippen LogP contribution in [0.4, 0.5) is 0 Å². The van der Waals surface area contributed by atoms with Crippen LogP contribution in [-0.2, 0) is 19.1 Å². The molecule has 1 N–H and O–H groups in total. The number of ether oxygens (including phenoxy) is 5. The molecule has 0 radical (unpaired) electrons. The molecule has 2 heterocycles. The number of nitrogens with zero attached hydrogens (tertiary/aromatic N) is 2. The molecule has 0 unspecified atom stereocenters. The number of rotatable bonds is 11. The molecule has 0 fully saturated rings. The highest BCUT2D eigenvalue weighted by Crippen LogP contribution is 2.36. The highest BCUT2D eigenvalue weighted by Gasteiger charge is 2.34. The summed E-state index contributed by atoms with van der Waals surface area (Å²) in [6.07, 6.45) is 1.68. The molecule has 1 aliphatic rings. The van der Waals surface area contributed by atoms with Gasteiger partial charge in [-0.1, -0.05) is 23.5 Å². The van der Waals surface area contributed by atoms with Gasteiger partial charge in [-0.3, -0.25) is 9.36 Å². The number of aromatic nitrogens is 1. The Morgan fingerprint density at radius 3 is 2.43 bits per heavy atom. The Bertz CT molecular complexity index is 1700. The van der Waals surface area contributed by atoms with Gasteiger partial charge in [0.15, 0.2) is 34.4 Å². The third-order valence-electron chi connectivity index (χ3n) is 6.26.